The number of pyridine rings is 1. The molecule has 5 nitrogen and oxygen atoms in total. The van der Waals surface area contributed by atoms with E-state index in [0.29, 0.717) is 11.6 Å². The molecule has 2 aromatic rings. The van der Waals surface area contributed by atoms with Gasteiger partial charge in [-0.2, -0.15) is 5.10 Å². The van der Waals surface area contributed by atoms with Gasteiger partial charge < -0.3 is 0 Å². The van der Waals surface area contributed by atoms with Crippen LogP contribution >= 0.6 is 0 Å². The molecular formula is C8H7FN4O. The molecule has 0 aliphatic rings. The lowest BCUT2D eigenvalue weighted by molar-refractivity contribution is 0.619. The Morgan fingerprint density at radius 1 is 1.50 bits per heavy atom. The van der Waals surface area contributed by atoms with Gasteiger partial charge in [0.15, 0.2) is 0 Å². The minimum absolute atomic E-state index is 0.350. The van der Waals surface area contributed by atoms with Crippen LogP contribution in [0.25, 0.3) is 5.82 Å². The molecule has 1 N–H and O–H groups in total. The van der Waals surface area contributed by atoms with Crippen molar-refractivity contribution in [3.63, 3.8) is 0 Å². The van der Waals surface area contributed by atoms with Crippen molar-refractivity contribution in [1.29, 1.82) is 0 Å². The highest BCUT2D eigenvalue weighted by molar-refractivity contribution is 5.22. The Bertz CT molecular complexity index is 499. The maximum absolute atomic E-state index is 12.6. The molecule has 0 aliphatic heterocycles. The number of aromatic amines is 1. The molecule has 2 rings (SSSR count). The number of rotatable bonds is 1. The van der Waals surface area contributed by atoms with E-state index in [1.54, 1.807) is 6.92 Å². The van der Waals surface area contributed by atoms with Crippen molar-refractivity contribution in [1.82, 2.24) is 19.7 Å². The lowest BCUT2D eigenvalue weighted by Crippen LogP contribution is -2.16. The van der Waals surface area contributed by atoms with Crippen LogP contribution < -0.4 is 5.69 Å². The van der Waals surface area contributed by atoms with E-state index in [9.17, 15) is 9.18 Å². The maximum atomic E-state index is 12.6. The van der Waals surface area contributed by atoms with Crippen molar-refractivity contribution in [3.8, 4) is 5.82 Å². The number of hydrogen-bond donors (Lipinski definition) is 1. The Kier molecular flexibility index (Phi) is 1.88. The summed E-state index contributed by atoms with van der Waals surface area (Å²) in [7, 11) is 0. The molecule has 0 aliphatic carbocycles. The number of hydrogen-bond acceptors (Lipinski definition) is 3. The molecule has 6 heteroatoms. The molecule has 0 fully saturated rings. The Morgan fingerprint density at radius 3 is 2.79 bits per heavy atom. The van der Waals surface area contributed by atoms with Gasteiger partial charge in [-0.05, 0) is 19.1 Å². The van der Waals surface area contributed by atoms with Gasteiger partial charge in [0, 0.05) is 0 Å². The summed E-state index contributed by atoms with van der Waals surface area (Å²) in [5, 5.41) is 5.98. The van der Waals surface area contributed by atoms with E-state index in [4.69, 9.17) is 0 Å². The first-order valence-electron chi connectivity index (χ1n) is 3.94. The zero-order chi connectivity index (χ0) is 10.1. The number of nitrogens with one attached hydrogen (secondary N) is 1. The number of nitrogens with zero attached hydrogens (tertiary/aromatic N) is 3. The fourth-order valence-electron chi connectivity index (χ4n) is 1.15. The van der Waals surface area contributed by atoms with Crippen molar-refractivity contribution in [2.75, 3.05) is 0 Å². The first-order chi connectivity index (χ1) is 6.68. The summed E-state index contributed by atoms with van der Waals surface area (Å²) in [6.45, 7) is 1.66. The summed E-state index contributed by atoms with van der Waals surface area (Å²) in [5.74, 6) is 0.389. The Labute approximate surface area is 78.2 Å². The predicted octanol–water partition coefficient (Wildman–Crippen LogP) is 0.403. The van der Waals surface area contributed by atoms with Gasteiger partial charge in [0.05, 0.1) is 6.20 Å². The molecule has 14 heavy (non-hydrogen) atoms. The minimum Gasteiger partial charge on any atom is -0.246 e. The first kappa shape index (κ1) is 8.61. The van der Waals surface area contributed by atoms with Crippen molar-refractivity contribution in [3.05, 3.63) is 40.5 Å². The molecule has 0 atom stereocenters. The van der Waals surface area contributed by atoms with Crippen LogP contribution in [0.3, 0.4) is 0 Å². The van der Waals surface area contributed by atoms with E-state index >= 15 is 0 Å². The minimum atomic E-state index is -0.442. The molecule has 0 saturated carbocycles. The molecule has 0 spiro atoms. The molecule has 2 heterocycles. The molecule has 0 aromatic carbocycles. The molecule has 2 aromatic heterocycles. The second-order valence-electron chi connectivity index (χ2n) is 2.75. The molecule has 0 amide bonds. The van der Waals surface area contributed by atoms with E-state index in [1.807, 2.05) is 0 Å². The smallest absolute Gasteiger partial charge is 0.246 e. The molecule has 0 saturated heterocycles. The molecule has 72 valence electrons. The van der Waals surface area contributed by atoms with Gasteiger partial charge in [0.1, 0.15) is 17.5 Å². The average Bonchev–Trinajstić information content (AvgIpc) is 2.49. The summed E-state index contributed by atoms with van der Waals surface area (Å²) in [4.78, 5) is 15.0. The van der Waals surface area contributed by atoms with Crippen LogP contribution in [0.1, 0.15) is 5.82 Å². The SMILES string of the molecule is Cc1n[nH]c(=O)n1-c1ccc(F)cn1. The summed E-state index contributed by atoms with van der Waals surface area (Å²) < 4.78 is 13.8. The lowest BCUT2D eigenvalue weighted by Gasteiger charge is -1.99. The quantitative estimate of drug-likeness (QED) is 0.714. The zero-order valence-electron chi connectivity index (χ0n) is 7.36. The summed E-state index contributed by atoms with van der Waals surface area (Å²) in [5.41, 5.74) is -0.387. The highest BCUT2D eigenvalue weighted by Gasteiger charge is 2.06. The zero-order valence-corrected chi connectivity index (χ0v) is 7.36. The van der Waals surface area contributed by atoms with Crippen molar-refractivity contribution in [2.45, 2.75) is 6.92 Å². The van der Waals surface area contributed by atoms with Crippen LogP contribution in [-0.4, -0.2) is 19.7 Å². The van der Waals surface area contributed by atoms with E-state index in [2.05, 4.69) is 15.2 Å². The van der Waals surface area contributed by atoms with E-state index in [-0.39, 0.29) is 5.69 Å². The standard InChI is InChI=1S/C8H7FN4O/c1-5-11-12-8(14)13(5)7-3-2-6(9)4-10-7/h2-4H,1H3,(H,12,14). The monoisotopic (exact) mass is 194 g/mol. The van der Waals surface area contributed by atoms with Crippen LogP contribution in [0.2, 0.25) is 0 Å². The second kappa shape index (κ2) is 3.06. The van der Waals surface area contributed by atoms with Crippen molar-refractivity contribution >= 4 is 0 Å². The summed E-state index contributed by atoms with van der Waals surface area (Å²) >= 11 is 0. The van der Waals surface area contributed by atoms with Crippen LogP contribution in [0.15, 0.2) is 23.1 Å². The Morgan fingerprint density at radius 2 is 2.29 bits per heavy atom. The maximum Gasteiger partial charge on any atom is 0.349 e. The van der Waals surface area contributed by atoms with Crippen molar-refractivity contribution in [2.24, 2.45) is 0 Å². The topological polar surface area (TPSA) is 63.6 Å². The lowest BCUT2D eigenvalue weighted by atomic mass is 10.4. The van der Waals surface area contributed by atoms with Crippen LogP contribution in [0.4, 0.5) is 4.39 Å². The Hall–Kier alpha value is -1.98. The highest BCUT2D eigenvalue weighted by Crippen LogP contribution is 2.03. The second-order valence-corrected chi connectivity index (χ2v) is 2.75. The van der Waals surface area contributed by atoms with Crippen LogP contribution in [-0.2, 0) is 0 Å². The largest absolute Gasteiger partial charge is 0.349 e. The van der Waals surface area contributed by atoms with Gasteiger partial charge >= 0.3 is 5.69 Å². The number of aromatic nitrogens is 4. The van der Waals surface area contributed by atoms with E-state index < -0.39 is 5.82 Å². The summed E-state index contributed by atoms with van der Waals surface area (Å²) in [6.07, 6.45) is 1.05. The third kappa shape index (κ3) is 1.30. The van der Waals surface area contributed by atoms with Gasteiger partial charge in [-0.1, -0.05) is 0 Å². The van der Waals surface area contributed by atoms with Gasteiger partial charge in [-0.25, -0.2) is 23.8 Å². The number of aryl methyl sites for hydroxylation is 1. The normalized spacial score (nSPS) is 10.4. The van der Waals surface area contributed by atoms with Crippen LogP contribution in [0.5, 0.6) is 0 Å². The fourth-order valence-corrected chi connectivity index (χ4v) is 1.15. The molecule has 0 unspecified atom stereocenters. The number of halogens is 1. The van der Waals surface area contributed by atoms with Gasteiger partial charge in [-0.15, -0.1) is 0 Å². The third-order valence-electron chi connectivity index (χ3n) is 1.78. The molecule has 0 bridgehead atoms. The average molecular weight is 194 g/mol. The number of H-pyrrole nitrogens is 1. The van der Waals surface area contributed by atoms with Gasteiger partial charge in [0.25, 0.3) is 0 Å². The molecular weight excluding hydrogens is 187 g/mol. The van der Waals surface area contributed by atoms with E-state index in [0.717, 1.165) is 6.20 Å². The Balaban J connectivity index is 2.60. The fraction of sp³-hybridized carbons (Fsp3) is 0.125. The third-order valence-corrected chi connectivity index (χ3v) is 1.78. The predicted molar refractivity (Wildman–Crippen MR) is 46.7 cm³/mol. The first-order valence-corrected chi connectivity index (χ1v) is 3.94. The van der Waals surface area contributed by atoms with Crippen molar-refractivity contribution < 1.29 is 4.39 Å². The molecule has 0 radical (unpaired) electrons. The summed E-state index contributed by atoms with van der Waals surface area (Å²) in [6, 6.07) is 2.65. The highest BCUT2D eigenvalue weighted by atomic mass is 19.1. The van der Waals surface area contributed by atoms with E-state index in [1.165, 1.54) is 16.7 Å². The van der Waals surface area contributed by atoms with Gasteiger partial charge in [-0.3, -0.25) is 0 Å². The van der Waals surface area contributed by atoms with Gasteiger partial charge in [0.2, 0.25) is 0 Å². The van der Waals surface area contributed by atoms with Crippen LogP contribution in [0, 0.1) is 12.7 Å².